The van der Waals surface area contributed by atoms with Crippen LogP contribution in [0, 0.1) is 5.41 Å². The van der Waals surface area contributed by atoms with Crippen LogP contribution >= 0.6 is 11.8 Å². The van der Waals surface area contributed by atoms with E-state index < -0.39 is 0 Å². The highest BCUT2D eigenvalue weighted by atomic mass is 32.2. The maximum atomic E-state index is 12.3. The summed E-state index contributed by atoms with van der Waals surface area (Å²) >= 11 is 1.22. The first kappa shape index (κ1) is 17.6. The summed E-state index contributed by atoms with van der Waals surface area (Å²) in [7, 11) is 3.31. The lowest BCUT2D eigenvalue weighted by molar-refractivity contribution is 0.0544. The van der Waals surface area contributed by atoms with Gasteiger partial charge in [-0.1, -0.05) is 11.8 Å². The molecule has 23 heavy (non-hydrogen) atoms. The first-order chi connectivity index (χ1) is 11.1. The van der Waals surface area contributed by atoms with Gasteiger partial charge in [-0.25, -0.2) is 9.36 Å². The summed E-state index contributed by atoms with van der Waals surface area (Å²) in [5.41, 5.74) is 1.19. The van der Waals surface area contributed by atoms with Crippen molar-refractivity contribution in [1.29, 1.82) is 5.41 Å². The van der Waals surface area contributed by atoms with E-state index >= 15 is 0 Å². The number of aryl methyl sites for hydroxylation is 1. The van der Waals surface area contributed by atoms with E-state index in [9.17, 15) is 4.79 Å². The summed E-state index contributed by atoms with van der Waals surface area (Å²) in [6, 6.07) is 5.39. The number of thioether (sulfide) groups is 1. The molecule has 1 heterocycles. The minimum absolute atomic E-state index is 0.195. The molecule has 1 aromatic heterocycles. The van der Waals surface area contributed by atoms with E-state index in [-0.39, 0.29) is 10.9 Å². The summed E-state index contributed by atoms with van der Waals surface area (Å²) in [4.78, 5) is 12.3. The number of hydrogen-bond acceptors (Lipinski definition) is 6. The van der Waals surface area contributed by atoms with Gasteiger partial charge in [-0.2, -0.15) is 0 Å². The number of rotatable bonds is 7. The summed E-state index contributed by atoms with van der Waals surface area (Å²) in [5.74, 6) is 0.663. The lowest BCUT2D eigenvalue weighted by atomic mass is 10.3. The van der Waals surface area contributed by atoms with Gasteiger partial charge in [0.05, 0.1) is 30.9 Å². The standard InChI is InChI=1S/C15H21N3O4S/c1-17-13-10-11(22-9-8-21-7-6-20-2)4-5-12(13)18(15(17)19)14(16)23-3/h4-5,10,16H,6-9H2,1-3H3. The lowest BCUT2D eigenvalue weighted by Gasteiger charge is -2.08. The van der Waals surface area contributed by atoms with E-state index in [1.165, 1.54) is 20.9 Å². The number of ether oxygens (including phenoxy) is 3. The molecule has 0 aliphatic rings. The van der Waals surface area contributed by atoms with Crippen molar-refractivity contribution in [3.8, 4) is 5.75 Å². The van der Waals surface area contributed by atoms with Crippen LogP contribution in [-0.4, -0.2) is 54.1 Å². The average molecular weight is 339 g/mol. The molecule has 0 radical (unpaired) electrons. The molecule has 2 aromatic rings. The van der Waals surface area contributed by atoms with Crippen LogP contribution in [0.25, 0.3) is 11.0 Å². The molecule has 0 saturated carbocycles. The van der Waals surface area contributed by atoms with Gasteiger partial charge in [0.15, 0.2) is 5.17 Å². The third-order valence-corrected chi connectivity index (χ3v) is 3.92. The Kier molecular flexibility index (Phi) is 6.26. The Balaban J connectivity index is 2.12. The number of imidazole rings is 1. The van der Waals surface area contributed by atoms with Crippen LogP contribution in [0.5, 0.6) is 5.75 Å². The Hall–Kier alpha value is -1.77. The molecule has 0 bridgehead atoms. The van der Waals surface area contributed by atoms with Gasteiger partial charge in [-0.3, -0.25) is 9.98 Å². The molecular formula is C15H21N3O4S. The van der Waals surface area contributed by atoms with Crippen LogP contribution in [0.15, 0.2) is 23.0 Å². The van der Waals surface area contributed by atoms with E-state index in [0.29, 0.717) is 37.7 Å². The average Bonchev–Trinajstić information content (AvgIpc) is 2.81. The molecule has 7 nitrogen and oxygen atoms in total. The zero-order chi connectivity index (χ0) is 16.8. The molecular weight excluding hydrogens is 318 g/mol. The van der Waals surface area contributed by atoms with Crippen molar-refractivity contribution in [3.63, 3.8) is 0 Å². The number of methoxy groups -OCH3 is 1. The Morgan fingerprint density at radius 1 is 1.22 bits per heavy atom. The van der Waals surface area contributed by atoms with Crippen molar-refractivity contribution in [3.05, 3.63) is 28.7 Å². The van der Waals surface area contributed by atoms with Crippen molar-refractivity contribution in [2.24, 2.45) is 7.05 Å². The quantitative estimate of drug-likeness (QED) is 0.470. The van der Waals surface area contributed by atoms with Crippen molar-refractivity contribution < 1.29 is 14.2 Å². The molecule has 0 atom stereocenters. The zero-order valence-corrected chi connectivity index (χ0v) is 14.3. The van der Waals surface area contributed by atoms with Crippen LogP contribution in [0.2, 0.25) is 0 Å². The number of benzene rings is 1. The third-order valence-electron chi connectivity index (χ3n) is 3.35. The summed E-state index contributed by atoms with van der Waals surface area (Å²) in [6.45, 7) is 1.99. The topological polar surface area (TPSA) is 78.5 Å². The molecule has 0 unspecified atom stereocenters. The van der Waals surface area contributed by atoms with Crippen LogP contribution < -0.4 is 10.4 Å². The zero-order valence-electron chi connectivity index (χ0n) is 13.5. The molecule has 0 aliphatic heterocycles. The van der Waals surface area contributed by atoms with Gasteiger partial charge in [-0.05, 0) is 18.4 Å². The second-order valence-electron chi connectivity index (χ2n) is 4.79. The number of nitrogens with zero attached hydrogens (tertiary/aromatic N) is 2. The second kappa shape index (κ2) is 8.19. The Bertz CT molecular complexity index is 738. The van der Waals surface area contributed by atoms with Crippen LogP contribution in [0.1, 0.15) is 0 Å². The number of fused-ring (bicyclic) bond motifs is 1. The fraction of sp³-hybridized carbons (Fsp3) is 0.467. The highest BCUT2D eigenvalue weighted by Crippen LogP contribution is 2.20. The number of nitrogens with one attached hydrogen (secondary N) is 1. The predicted octanol–water partition coefficient (Wildman–Crippen LogP) is 1.53. The minimum atomic E-state index is -0.237. The number of aromatic nitrogens is 2. The van der Waals surface area contributed by atoms with Gasteiger partial charge in [0.1, 0.15) is 12.4 Å². The Morgan fingerprint density at radius 3 is 2.65 bits per heavy atom. The van der Waals surface area contributed by atoms with Gasteiger partial charge in [0.25, 0.3) is 0 Å². The lowest BCUT2D eigenvalue weighted by Crippen LogP contribution is -2.25. The van der Waals surface area contributed by atoms with Gasteiger partial charge in [-0.15, -0.1) is 0 Å². The van der Waals surface area contributed by atoms with Crippen LogP contribution in [0.4, 0.5) is 0 Å². The maximum absolute atomic E-state index is 12.3. The first-order valence-corrected chi connectivity index (χ1v) is 8.36. The molecule has 0 amide bonds. The minimum Gasteiger partial charge on any atom is -0.491 e. The highest BCUT2D eigenvalue weighted by Gasteiger charge is 2.14. The second-order valence-corrected chi connectivity index (χ2v) is 5.59. The van der Waals surface area contributed by atoms with Crippen LogP contribution in [0.3, 0.4) is 0 Å². The molecule has 1 N–H and O–H groups in total. The molecule has 0 spiro atoms. The highest BCUT2D eigenvalue weighted by molar-refractivity contribution is 8.13. The van der Waals surface area contributed by atoms with E-state index in [1.54, 1.807) is 38.6 Å². The SMILES string of the molecule is COCCOCCOc1ccc2c(c1)n(C)c(=O)n2C(=N)SC. The Labute approximate surface area is 138 Å². The fourth-order valence-corrected chi connectivity index (χ4v) is 2.52. The van der Waals surface area contributed by atoms with Crippen LogP contribution in [-0.2, 0) is 16.5 Å². The smallest absolute Gasteiger partial charge is 0.335 e. The molecule has 0 aliphatic carbocycles. The summed E-state index contributed by atoms with van der Waals surface area (Å²) < 4.78 is 18.8. The predicted molar refractivity (Wildman–Crippen MR) is 92.0 cm³/mol. The van der Waals surface area contributed by atoms with Gasteiger partial charge in [0.2, 0.25) is 0 Å². The van der Waals surface area contributed by atoms with Crippen molar-refractivity contribution >= 4 is 28.0 Å². The van der Waals surface area contributed by atoms with Crippen molar-refractivity contribution in [1.82, 2.24) is 9.13 Å². The van der Waals surface area contributed by atoms with Gasteiger partial charge in [0, 0.05) is 20.2 Å². The number of hydrogen-bond donors (Lipinski definition) is 1. The Morgan fingerprint density at radius 2 is 1.96 bits per heavy atom. The molecule has 0 fully saturated rings. The van der Waals surface area contributed by atoms with Crippen molar-refractivity contribution in [2.45, 2.75) is 0 Å². The molecule has 0 saturated heterocycles. The molecule has 2 rings (SSSR count). The first-order valence-electron chi connectivity index (χ1n) is 7.14. The molecule has 1 aromatic carbocycles. The summed E-state index contributed by atoms with van der Waals surface area (Å²) in [6.07, 6.45) is 1.77. The fourth-order valence-electron chi connectivity index (χ4n) is 2.16. The van der Waals surface area contributed by atoms with E-state index in [0.717, 1.165) is 5.52 Å². The third kappa shape index (κ3) is 3.95. The van der Waals surface area contributed by atoms with E-state index in [2.05, 4.69) is 0 Å². The molecule has 8 heteroatoms. The van der Waals surface area contributed by atoms with E-state index in [4.69, 9.17) is 19.6 Å². The van der Waals surface area contributed by atoms with Crippen molar-refractivity contribution in [2.75, 3.05) is 39.8 Å². The monoisotopic (exact) mass is 339 g/mol. The molecule has 126 valence electrons. The van der Waals surface area contributed by atoms with E-state index in [1.807, 2.05) is 0 Å². The maximum Gasteiger partial charge on any atom is 0.335 e. The summed E-state index contributed by atoms with van der Waals surface area (Å²) in [5, 5.41) is 8.11. The van der Waals surface area contributed by atoms with Gasteiger partial charge >= 0.3 is 5.69 Å². The van der Waals surface area contributed by atoms with Gasteiger partial charge < -0.3 is 14.2 Å². The largest absolute Gasteiger partial charge is 0.491 e. The normalized spacial score (nSPS) is 11.1.